The number of halogens is 3. The summed E-state index contributed by atoms with van der Waals surface area (Å²) in [5.41, 5.74) is -1.90. The van der Waals surface area contributed by atoms with Crippen LogP contribution in [0.5, 0.6) is 0 Å². The lowest BCUT2D eigenvalue weighted by Crippen LogP contribution is -2.33. The first kappa shape index (κ1) is 18.4. The van der Waals surface area contributed by atoms with Gasteiger partial charge in [0.15, 0.2) is 5.82 Å². The first-order valence-corrected chi connectivity index (χ1v) is 7.89. The van der Waals surface area contributed by atoms with Crippen LogP contribution >= 0.6 is 0 Å². The number of carbonyl (C=O) groups excluding carboxylic acids is 1. The molecule has 2 aromatic heterocycles. The number of rotatable bonds is 5. The average molecular weight is 377 g/mol. The molecule has 0 saturated heterocycles. The van der Waals surface area contributed by atoms with Crippen molar-refractivity contribution in [2.75, 3.05) is 6.54 Å². The van der Waals surface area contributed by atoms with Crippen molar-refractivity contribution in [1.82, 2.24) is 24.9 Å². The van der Waals surface area contributed by atoms with Crippen LogP contribution in [0.25, 0.3) is 5.82 Å². The second-order valence-electron chi connectivity index (χ2n) is 5.50. The van der Waals surface area contributed by atoms with Crippen molar-refractivity contribution >= 4 is 5.91 Å². The summed E-state index contributed by atoms with van der Waals surface area (Å²) in [6.07, 6.45) is -1.44. The summed E-state index contributed by atoms with van der Waals surface area (Å²) in [5, 5.41) is 10.5. The van der Waals surface area contributed by atoms with Crippen LogP contribution in [0, 0.1) is 0 Å². The summed E-state index contributed by atoms with van der Waals surface area (Å²) < 4.78 is 41.5. The minimum Gasteiger partial charge on any atom is -0.350 e. The average Bonchev–Trinajstić information content (AvgIpc) is 3.17. The molecule has 0 aliphatic carbocycles. The Morgan fingerprint density at radius 2 is 1.89 bits per heavy atom. The molecule has 0 spiro atoms. The van der Waals surface area contributed by atoms with Gasteiger partial charge in [-0.2, -0.15) is 18.3 Å². The smallest absolute Gasteiger partial charge is 0.350 e. The van der Waals surface area contributed by atoms with Crippen LogP contribution in [-0.4, -0.2) is 32.0 Å². The molecule has 27 heavy (non-hydrogen) atoms. The molecule has 0 saturated carbocycles. The number of amides is 1. The maximum absolute atomic E-state index is 13.0. The Balaban J connectivity index is 1.70. The van der Waals surface area contributed by atoms with Gasteiger partial charge < -0.3 is 5.32 Å². The van der Waals surface area contributed by atoms with Gasteiger partial charge in [0.05, 0.1) is 17.7 Å². The van der Waals surface area contributed by atoms with Crippen molar-refractivity contribution in [3.05, 3.63) is 76.3 Å². The molecule has 0 aliphatic heterocycles. The van der Waals surface area contributed by atoms with E-state index in [0.29, 0.717) is 5.82 Å². The highest BCUT2D eigenvalue weighted by molar-refractivity contribution is 5.95. The van der Waals surface area contributed by atoms with E-state index in [1.165, 1.54) is 28.9 Å². The van der Waals surface area contributed by atoms with Crippen molar-refractivity contribution in [1.29, 1.82) is 0 Å². The molecule has 3 rings (SSSR count). The first-order chi connectivity index (χ1) is 12.9. The summed E-state index contributed by atoms with van der Waals surface area (Å²) in [7, 11) is 0. The molecule has 0 aliphatic rings. The Hall–Kier alpha value is -3.43. The van der Waals surface area contributed by atoms with Gasteiger partial charge in [-0.3, -0.25) is 9.59 Å². The lowest BCUT2D eigenvalue weighted by atomic mass is 10.1. The Labute approximate surface area is 151 Å². The third-order valence-corrected chi connectivity index (χ3v) is 3.68. The molecule has 7 nitrogen and oxygen atoms in total. The Morgan fingerprint density at radius 3 is 2.59 bits per heavy atom. The molecular weight excluding hydrogens is 363 g/mol. The van der Waals surface area contributed by atoms with E-state index in [-0.39, 0.29) is 13.1 Å². The van der Waals surface area contributed by atoms with E-state index in [0.717, 1.165) is 16.8 Å². The van der Waals surface area contributed by atoms with Gasteiger partial charge in [0.1, 0.15) is 0 Å². The van der Waals surface area contributed by atoms with Crippen LogP contribution in [0.1, 0.15) is 15.9 Å². The SMILES string of the molecule is O=C(NCCn1nc(-n2cccn2)ccc1=O)c1ccccc1C(F)(F)F. The fraction of sp³-hybridized carbons (Fsp3) is 0.176. The van der Waals surface area contributed by atoms with Gasteiger partial charge in [-0.1, -0.05) is 12.1 Å². The molecule has 3 aromatic rings. The molecule has 0 atom stereocenters. The van der Waals surface area contributed by atoms with Crippen molar-refractivity contribution in [2.24, 2.45) is 0 Å². The Kier molecular flexibility index (Phi) is 5.06. The maximum atomic E-state index is 13.0. The molecule has 1 amide bonds. The minimum atomic E-state index is -4.63. The van der Waals surface area contributed by atoms with E-state index in [1.54, 1.807) is 18.5 Å². The topological polar surface area (TPSA) is 81.8 Å². The summed E-state index contributed by atoms with van der Waals surface area (Å²) in [6.45, 7) is -0.0750. The third-order valence-electron chi connectivity index (χ3n) is 3.68. The summed E-state index contributed by atoms with van der Waals surface area (Å²) in [4.78, 5) is 24.0. The number of hydrogen-bond acceptors (Lipinski definition) is 4. The van der Waals surface area contributed by atoms with E-state index < -0.39 is 28.8 Å². The predicted molar refractivity (Wildman–Crippen MR) is 89.4 cm³/mol. The molecule has 0 unspecified atom stereocenters. The van der Waals surface area contributed by atoms with Gasteiger partial charge in [-0.15, -0.1) is 5.10 Å². The molecule has 1 N–H and O–H groups in total. The number of nitrogens with one attached hydrogen (secondary N) is 1. The van der Waals surface area contributed by atoms with Gasteiger partial charge in [0.25, 0.3) is 11.5 Å². The maximum Gasteiger partial charge on any atom is 0.417 e. The molecule has 0 bridgehead atoms. The number of aromatic nitrogens is 4. The fourth-order valence-electron chi connectivity index (χ4n) is 2.42. The van der Waals surface area contributed by atoms with Gasteiger partial charge in [-0.05, 0) is 24.3 Å². The van der Waals surface area contributed by atoms with Gasteiger partial charge in [0, 0.05) is 25.0 Å². The van der Waals surface area contributed by atoms with Crippen LogP contribution in [0.4, 0.5) is 13.2 Å². The van der Waals surface area contributed by atoms with Crippen molar-refractivity contribution < 1.29 is 18.0 Å². The van der Waals surface area contributed by atoms with Crippen molar-refractivity contribution in [2.45, 2.75) is 12.7 Å². The molecule has 0 radical (unpaired) electrons. The quantitative estimate of drug-likeness (QED) is 0.736. The first-order valence-electron chi connectivity index (χ1n) is 7.89. The minimum absolute atomic E-state index is 0.00608. The van der Waals surface area contributed by atoms with E-state index in [2.05, 4.69) is 15.5 Å². The normalized spacial score (nSPS) is 11.4. The van der Waals surface area contributed by atoms with Crippen LogP contribution in [0.3, 0.4) is 0 Å². The number of nitrogens with zero attached hydrogens (tertiary/aromatic N) is 4. The zero-order valence-electron chi connectivity index (χ0n) is 13.8. The molecule has 1 aromatic carbocycles. The lowest BCUT2D eigenvalue weighted by Gasteiger charge is -2.13. The second-order valence-corrected chi connectivity index (χ2v) is 5.50. The Morgan fingerprint density at radius 1 is 1.11 bits per heavy atom. The van der Waals surface area contributed by atoms with E-state index >= 15 is 0 Å². The van der Waals surface area contributed by atoms with E-state index in [4.69, 9.17) is 0 Å². The fourth-order valence-corrected chi connectivity index (χ4v) is 2.42. The predicted octanol–water partition coefficient (Wildman–Crippen LogP) is 1.88. The monoisotopic (exact) mass is 377 g/mol. The van der Waals surface area contributed by atoms with E-state index in [9.17, 15) is 22.8 Å². The van der Waals surface area contributed by atoms with Gasteiger partial charge in [0.2, 0.25) is 0 Å². The standard InChI is InChI=1S/C17H14F3N5O2/c18-17(19,20)13-5-2-1-4-12(13)16(27)21-9-11-25-15(26)7-6-14(23-25)24-10-3-8-22-24/h1-8,10H,9,11H2,(H,21,27). The third kappa shape index (κ3) is 4.22. The van der Waals surface area contributed by atoms with Crippen LogP contribution in [-0.2, 0) is 12.7 Å². The highest BCUT2D eigenvalue weighted by atomic mass is 19.4. The highest BCUT2D eigenvalue weighted by Crippen LogP contribution is 2.31. The zero-order chi connectivity index (χ0) is 19.4. The number of hydrogen-bond donors (Lipinski definition) is 1. The molecular formula is C17H14F3N5O2. The molecule has 140 valence electrons. The van der Waals surface area contributed by atoms with Crippen LogP contribution < -0.4 is 10.9 Å². The second kappa shape index (κ2) is 7.44. The zero-order valence-corrected chi connectivity index (χ0v) is 13.8. The van der Waals surface area contributed by atoms with Crippen molar-refractivity contribution in [3.8, 4) is 5.82 Å². The van der Waals surface area contributed by atoms with Crippen molar-refractivity contribution in [3.63, 3.8) is 0 Å². The highest BCUT2D eigenvalue weighted by Gasteiger charge is 2.34. The number of benzene rings is 1. The number of carbonyl (C=O) groups is 1. The van der Waals surface area contributed by atoms with Crippen LogP contribution in [0.2, 0.25) is 0 Å². The van der Waals surface area contributed by atoms with Gasteiger partial charge in [-0.25, -0.2) is 9.36 Å². The lowest BCUT2D eigenvalue weighted by molar-refractivity contribution is -0.137. The van der Waals surface area contributed by atoms with Gasteiger partial charge >= 0.3 is 6.18 Å². The molecule has 0 fully saturated rings. The van der Waals surface area contributed by atoms with E-state index in [1.807, 2.05) is 0 Å². The molecule has 10 heteroatoms. The Bertz CT molecular complexity index is 996. The molecule has 2 heterocycles. The summed E-state index contributed by atoms with van der Waals surface area (Å²) in [6, 6.07) is 8.98. The summed E-state index contributed by atoms with van der Waals surface area (Å²) >= 11 is 0. The number of alkyl halides is 3. The van der Waals surface area contributed by atoms with Crippen LogP contribution in [0.15, 0.2) is 59.7 Å². The summed E-state index contributed by atoms with van der Waals surface area (Å²) in [5.74, 6) is -0.479. The largest absolute Gasteiger partial charge is 0.417 e.